The summed E-state index contributed by atoms with van der Waals surface area (Å²) in [5.41, 5.74) is 2.20. The van der Waals surface area contributed by atoms with E-state index in [1.807, 2.05) is 12.1 Å². The number of fused-ring (bicyclic) bond motifs is 1. The lowest BCUT2D eigenvalue weighted by atomic mass is 9.89. The Morgan fingerprint density at radius 3 is 2.60 bits per heavy atom. The summed E-state index contributed by atoms with van der Waals surface area (Å²) >= 11 is 0. The van der Waals surface area contributed by atoms with E-state index in [9.17, 15) is 18.0 Å². The first-order valence-electron chi connectivity index (χ1n) is 15.3. The lowest BCUT2D eigenvalue weighted by molar-refractivity contribution is -0.127. The number of nitrogens with zero attached hydrogens (tertiary/aromatic N) is 5. The molecule has 0 amide bonds. The fraction of sp³-hybridized carbons (Fsp3) is 0.412. The maximum Gasteiger partial charge on any atom is 0.393 e. The third kappa shape index (κ3) is 7.70. The van der Waals surface area contributed by atoms with Crippen LogP contribution in [0.4, 0.5) is 24.8 Å². The maximum absolute atomic E-state index is 13.8. The van der Waals surface area contributed by atoms with E-state index in [1.165, 1.54) is 28.5 Å². The topological polar surface area (TPSA) is 85.2 Å². The molecule has 2 saturated heterocycles. The van der Waals surface area contributed by atoms with Crippen molar-refractivity contribution in [2.24, 2.45) is 0 Å². The molecule has 0 saturated carbocycles. The molecule has 11 heteroatoms. The Labute approximate surface area is 259 Å². The number of pyridine rings is 2. The third-order valence-electron chi connectivity index (χ3n) is 8.41. The molecule has 2 aliphatic rings. The maximum atomic E-state index is 13.8. The van der Waals surface area contributed by atoms with Crippen molar-refractivity contribution < 1.29 is 17.9 Å². The van der Waals surface area contributed by atoms with E-state index in [0.717, 1.165) is 50.9 Å². The van der Waals surface area contributed by atoms with E-state index in [1.54, 1.807) is 12.3 Å². The number of rotatable bonds is 6. The number of alkyl halides is 3. The summed E-state index contributed by atoms with van der Waals surface area (Å²) in [7, 11) is 2.14. The molecule has 234 valence electrons. The fourth-order valence-electron chi connectivity index (χ4n) is 5.92. The van der Waals surface area contributed by atoms with Gasteiger partial charge in [-0.05, 0) is 93.6 Å². The van der Waals surface area contributed by atoms with Crippen LogP contribution < -0.4 is 10.9 Å². The second-order valence-electron chi connectivity index (χ2n) is 11.8. The van der Waals surface area contributed by atoms with Gasteiger partial charge in [-0.1, -0.05) is 30.0 Å². The molecular formula is C34H35F3N6O2. The van der Waals surface area contributed by atoms with Crippen molar-refractivity contribution in [2.75, 3.05) is 32.1 Å². The van der Waals surface area contributed by atoms with E-state index in [-0.39, 0.29) is 41.1 Å². The molecule has 8 nitrogen and oxygen atoms in total. The average molecular weight is 617 g/mol. The van der Waals surface area contributed by atoms with Crippen LogP contribution in [-0.2, 0) is 17.7 Å². The van der Waals surface area contributed by atoms with Gasteiger partial charge in [0.25, 0.3) is 5.56 Å². The number of likely N-dealkylation sites (tertiary alicyclic amines) is 1. The third-order valence-corrected chi connectivity index (χ3v) is 8.41. The number of anilines is 2. The molecule has 1 unspecified atom stereocenters. The number of ether oxygens (including phenoxy) is 1. The second-order valence-corrected chi connectivity index (χ2v) is 11.8. The molecule has 1 N–H and O–H groups in total. The SMILES string of the molecule is CN1CCC(c2ccc(Nc3ncc4cc(C#CC5CCCCO5)c(=O)n(Cc5ncccc5CC(F)(F)F)c4n3)cc2)CC1. The molecule has 1 atom stereocenters. The zero-order valence-corrected chi connectivity index (χ0v) is 25.1. The van der Waals surface area contributed by atoms with Crippen LogP contribution in [0.1, 0.15) is 60.4 Å². The van der Waals surface area contributed by atoms with Crippen molar-refractivity contribution in [3.63, 3.8) is 0 Å². The number of nitrogens with one attached hydrogen (secondary N) is 1. The van der Waals surface area contributed by atoms with Crippen molar-refractivity contribution in [1.29, 1.82) is 0 Å². The highest BCUT2D eigenvalue weighted by Gasteiger charge is 2.29. The summed E-state index contributed by atoms with van der Waals surface area (Å²) in [6.07, 6.45) is 2.14. The molecule has 0 radical (unpaired) electrons. The summed E-state index contributed by atoms with van der Waals surface area (Å²) in [5.74, 6) is 6.79. The standard InChI is InChI=1S/C34H35F3N6O2/c1-42-16-13-24(14-17-42)23-7-10-28(11-8-23)40-33-39-21-27-19-25(9-12-29-6-2-3-18-45-29)32(44)43(31(27)41-33)22-30-26(5-4-15-38-30)20-34(35,36)37/h4-5,7-8,10-11,15,19,21,24,29H,2-3,6,13-14,16-18,20,22H2,1H3,(H,39,40,41). The highest BCUT2D eigenvalue weighted by Crippen LogP contribution is 2.29. The first-order valence-corrected chi connectivity index (χ1v) is 15.3. The van der Waals surface area contributed by atoms with Gasteiger partial charge >= 0.3 is 6.18 Å². The molecule has 1 aromatic carbocycles. The number of aromatic nitrogens is 4. The van der Waals surface area contributed by atoms with Gasteiger partial charge in [0.1, 0.15) is 11.8 Å². The van der Waals surface area contributed by atoms with Crippen LogP contribution in [0.2, 0.25) is 0 Å². The Morgan fingerprint density at radius 1 is 1.07 bits per heavy atom. The van der Waals surface area contributed by atoms with Crippen LogP contribution in [0.15, 0.2) is 59.7 Å². The summed E-state index contributed by atoms with van der Waals surface area (Å²) in [6, 6.07) is 12.7. The average Bonchev–Trinajstić information content (AvgIpc) is 3.03. The van der Waals surface area contributed by atoms with Gasteiger partial charge in [-0.25, -0.2) is 4.98 Å². The van der Waals surface area contributed by atoms with E-state index < -0.39 is 18.2 Å². The lowest BCUT2D eigenvalue weighted by Gasteiger charge is -2.29. The fourth-order valence-corrected chi connectivity index (χ4v) is 5.92. The number of hydrogen-bond donors (Lipinski definition) is 1. The Bertz CT molecular complexity index is 1760. The summed E-state index contributed by atoms with van der Waals surface area (Å²) < 4.78 is 47.2. The van der Waals surface area contributed by atoms with Gasteiger partial charge in [-0.3, -0.25) is 14.3 Å². The van der Waals surface area contributed by atoms with Gasteiger partial charge < -0.3 is 15.0 Å². The molecule has 0 bridgehead atoms. The molecule has 2 aliphatic heterocycles. The van der Waals surface area contributed by atoms with Gasteiger partial charge in [-0.2, -0.15) is 18.2 Å². The number of benzene rings is 1. The Balaban J connectivity index is 1.34. The summed E-state index contributed by atoms with van der Waals surface area (Å²) in [6.45, 7) is 2.57. The van der Waals surface area contributed by atoms with Gasteiger partial charge in [0.2, 0.25) is 5.95 Å². The summed E-state index contributed by atoms with van der Waals surface area (Å²) in [4.78, 5) is 29.5. The highest BCUT2D eigenvalue weighted by molar-refractivity contribution is 5.77. The minimum Gasteiger partial charge on any atom is -0.366 e. The van der Waals surface area contributed by atoms with Crippen LogP contribution in [0.5, 0.6) is 0 Å². The quantitative estimate of drug-likeness (QED) is 0.274. The first-order chi connectivity index (χ1) is 21.7. The zero-order valence-electron chi connectivity index (χ0n) is 25.1. The Morgan fingerprint density at radius 2 is 1.87 bits per heavy atom. The van der Waals surface area contributed by atoms with Crippen LogP contribution in [-0.4, -0.2) is 63.4 Å². The van der Waals surface area contributed by atoms with Gasteiger partial charge in [0, 0.05) is 30.1 Å². The Kier molecular flexibility index (Phi) is 9.14. The Hall–Kier alpha value is -4.27. The molecule has 6 rings (SSSR count). The molecule has 0 spiro atoms. The minimum absolute atomic E-state index is 0.00533. The summed E-state index contributed by atoms with van der Waals surface area (Å²) in [5, 5.41) is 3.74. The first kappa shape index (κ1) is 30.7. The monoisotopic (exact) mass is 616 g/mol. The van der Waals surface area contributed by atoms with Gasteiger partial charge in [0.15, 0.2) is 0 Å². The van der Waals surface area contributed by atoms with E-state index in [2.05, 4.69) is 56.2 Å². The minimum atomic E-state index is -4.43. The molecule has 45 heavy (non-hydrogen) atoms. The molecule has 0 aliphatic carbocycles. The number of piperidine rings is 1. The van der Waals surface area contributed by atoms with Crippen LogP contribution in [0.25, 0.3) is 11.0 Å². The predicted molar refractivity (Wildman–Crippen MR) is 167 cm³/mol. The van der Waals surface area contributed by atoms with E-state index in [0.29, 0.717) is 17.9 Å². The van der Waals surface area contributed by atoms with Crippen LogP contribution in [0, 0.1) is 11.8 Å². The molecule has 4 aromatic rings. The van der Waals surface area contributed by atoms with E-state index in [4.69, 9.17) is 4.74 Å². The lowest BCUT2D eigenvalue weighted by Crippen LogP contribution is -2.29. The molecule has 3 aromatic heterocycles. The van der Waals surface area contributed by atoms with Crippen LogP contribution in [0.3, 0.4) is 0 Å². The highest BCUT2D eigenvalue weighted by atomic mass is 19.4. The zero-order chi connectivity index (χ0) is 31.4. The van der Waals surface area contributed by atoms with Crippen molar-refractivity contribution in [3.05, 3.63) is 87.6 Å². The smallest absolute Gasteiger partial charge is 0.366 e. The van der Waals surface area contributed by atoms with Crippen molar-refractivity contribution in [1.82, 2.24) is 24.4 Å². The molecular weight excluding hydrogens is 581 g/mol. The van der Waals surface area contributed by atoms with Crippen LogP contribution >= 0.6 is 0 Å². The number of hydrogen-bond acceptors (Lipinski definition) is 7. The van der Waals surface area contributed by atoms with Gasteiger partial charge in [-0.15, -0.1) is 0 Å². The van der Waals surface area contributed by atoms with Crippen molar-refractivity contribution in [3.8, 4) is 11.8 Å². The normalized spacial score (nSPS) is 18.0. The largest absolute Gasteiger partial charge is 0.393 e. The van der Waals surface area contributed by atoms with Crippen molar-refractivity contribution in [2.45, 2.75) is 63.3 Å². The second kappa shape index (κ2) is 13.4. The van der Waals surface area contributed by atoms with E-state index >= 15 is 0 Å². The van der Waals surface area contributed by atoms with Crippen molar-refractivity contribution >= 4 is 22.7 Å². The molecule has 5 heterocycles. The van der Waals surface area contributed by atoms with Gasteiger partial charge in [0.05, 0.1) is 24.2 Å². The number of halogens is 3. The predicted octanol–water partition coefficient (Wildman–Crippen LogP) is 5.81. The molecule has 2 fully saturated rings.